The number of hydrogen-bond acceptors (Lipinski definition) is 5. The monoisotopic (exact) mass is 325 g/mol. The van der Waals surface area contributed by atoms with E-state index in [0.717, 1.165) is 40.8 Å². The maximum Gasteiger partial charge on any atom is 0.134 e. The first-order chi connectivity index (χ1) is 11.7. The van der Waals surface area contributed by atoms with Crippen molar-refractivity contribution in [3.8, 4) is 11.5 Å². The summed E-state index contributed by atoms with van der Waals surface area (Å²) < 4.78 is 11.4. The molecular formula is C19H23N3O2. The highest BCUT2D eigenvalue weighted by atomic mass is 16.5. The van der Waals surface area contributed by atoms with E-state index in [1.54, 1.807) is 0 Å². The van der Waals surface area contributed by atoms with Gasteiger partial charge in [0.1, 0.15) is 23.1 Å². The van der Waals surface area contributed by atoms with Crippen LogP contribution >= 0.6 is 0 Å². The van der Waals surface area contributed by atoms with Gasteiger partial charge in [-0.25, -0.2) is 9.97 Å². The Kier molecular flexibility index (Phi) is 4.00. The fraction of sp³-hybridized carbons (Fsp3) is 0.474. The summed E-state index contributed by atoms with van der Waals surface area (Å²) in [7, 11) is 0. The highest BCUT2D eigenvalue weighted by Crippen LogP contribution is 2.39. The lowest BCUT2D eigenvalue weighted by atomic mass is 10.00. The van der Waals surface area contributed by atoms with Crippen LogP contribution in [0.25, 0.3) is 0 Å². The average Bonchev–Trinajstić information content (AvgIpc) is 3.40. The van der Waals surface area contributed by atoms with Crippen molar-refractivity contribution in [2.75, 3.05) is 18.5 Å². The van der Waals surface area contributed by atoms with Crippen LogP contribution in [0.15, 0.2) is 24.3 Å². The zero-order valence-corrected chi connectivity index (χ0v) is 14.2. The van der Waals surface area contributed by atoms with Crippen molar-refractivity contribution in [1.29, 1.82) is 0 Å². The molecular weight excluding hydrogens is 302 g/mol. The van der Waals surface area contributed by atoms with E-state index < -0.39 is 0 Å². The third-order valence-electron chi connectivity index (χ3n) is 4.47. The molecule has 1 aliphatic carbocycles. The van der Waals surface area contributed by atoms with Crippen LogP contribution < -0.4 is 14.8 Å². The van der Waals surface area contributed by atoms with Crippen LogP contribution in [0.4, 0.5) is 5.82 Å². The Bertz CT molecular complexity index is 743. The first-order valence-electron chi connectivity index (χ1n) is 8.74. The van der Waals surface area contributed by atoms with E-state index in [1.165, 1.54) is 12.8 Å². The standard InChI is InChI=1S/C19H23N3O2/c1-3-23-14-6-7-17-15(11-14)16(8-9-24-17)21-18-10-12(2)20-19(22-18)13-4-5-13/h6-7,10-11,13,16H,3-5,8-9H2,1-2H3,(H,20,21,22). The van der Waals surface area contributed by atoms with Gasteiger partial charge >= 0.3 is 0 Å². The number of rotatable bonds is 5. The second-order valence-corrected chi connectivity index (χ2v) is 6.49. The predicted molar refractivity (Wildman–Crippen MR) is 92.8 cm³/mol. The highest BCUT2D eigenvalue weighted by molar-refractivity contribution is 5.48. The quantitative estimate of drug-likeness (QED) is 0.900. The van der Waals surface area contributed by atoms with Gasteiger partial charge in [0.15, 0.2) is 0 Å². The van der Waals surface area contributed by atoms with Crippen LogP contribution in [-0.4, -0.2) is 23.2 Å². The van der Waals surface area contributed by atoms with Crippen molar-refractivity contribution in [2.45, 2.75) is 45.1 Å². The first kappa shape index (κ1) is 15.2. The number of fused-ring (bicyclic) bond motifs is 1. The van der Waals surface area contributed by atoms with E-state index in [-0.39, 0.29) is 6.04 Å². The van der Waals surface area contributed by atoms with Crippen molar-refractivity contribution in [3.05, 3.63) is 41.3 Å². The van der Waals surface area contributed by atoms with E-state index in [0.29, 0.717) is 19.1 Å². The van der Waals surface area contributed by atoms with E-state index >= 15 is 0 Å². The van der Waals surface area contributed by atoms with E-state index in [1.807, 2.05) is 32.0 Å². The minimum absolute atomic E-state index is 0.176. The Labute approximate surface area is 142 Å². The molecule has 0 radical (unpaired) electrons. The van der Waals surface area contributed by atoms with Gasteiger partial charge < -0.3 is 14.8 Å². The molecule has 1 aliphatic heterocycles. The first-order valence-corrected chi connectivity index (χ1v) is 8.74. The molecule has 0 bridgehead atoms. The predicted octanol–water partition coefficient (Wildman–Crippen LogP) is 4.00. The summed E-state index contributed by atoms with van der Waals surface area (Å²) in [5.74, 6) is 4.25. The molecule has 2 heterocycles. The van der Waals surface area contributed by atoms with Crippen molar-refractivity contribution in [2.24, 2.45) is 0 Å². The van der Waals surface area contributed by atoms with Gasteiger partial charge in [0.05, 0.1) is 19.3 Å². The van der Waals surface area contributed by atoms with Crippen LogP contribution in [-0.2, 0) is 0 Å². The molecule has 1 N–H and O–H groups in total. The minimum atomic E-state index is 0.176. The maximum atomic E-state index is 5.79. The fourth-order valence-electron chi connectivity index (χ4n) is 3.15. The summed E-state index contributed by atoms with van der Waals surface area (Å²) in [5.41, 5.74) is 2.15. The molecule has 1 aromatic heterocycles. The number of hydrogen-bond donors (Lipinski definition) is 1. The Hall–Kier alpha value is -2.30. The summed E-state index contributed by atoms with van der Waals surface area (Å²) in [6.07, 6.45) is 3.33. The summed E-state index contributed by atoms with van der Waals surface area (Å²) >= 11 is 0. The minimum Gasteiger partial charge on any atom is -0.494 e. The zero-order chi connectivity index (χ0) is 16.5. The van der Waals surface area contributed by atoms with Gasteiger partial charge in [-0.3, -0.25) is 0 Å². The molecule has 1 unspecified atom stereocenters. The molecule has 0 amide bonds. The number of benzene rings is 1. The van der Waals surface area contributed by atoms with Crippen LogP contribution in [0.3, 0.4) is 0 Å². The molecule has 1 saturated carbocycles. The molecule has 5 heteroatoms. The third kappa shape index (κ3) is 3.16. The molecule has 1 atom stereocenters. The largest absolute Gasteiger partial charge is 0.494 e. The second kappa shape index (κ2) is 6.30. The van der Waals surface area contributed by atoms with Gasteiger partial charge in [-0.2, -0.15) is 0 Å². The van der Waals surface area contributed by atoms with Gasteiger partial charge in [-0.05, 0) is 44.9 Å². The van der Waals surface area contributed by atoms with Gasteiger partial charge in [-0.15, -0.1) is 0 Å². The van der Waals surface area contributed by atoms with Crippen molar-refractivity contribution in [3.63, 3.8) is 0 Å². The van der Waals surface area contributed by atoms with E-state index in [2.05, 4.69) is 16.4 Å². The number of aryl methyl sites for hydroxylation is 1. The van der Waals surface area contributed by atoms with Crippen LogP contribution in [0.1, 0.15) is 55.2 Å². The van der Waals surface area contributed by atoms with Crippen LogP contribution in [0.5, 0.6) is 11.5 Å². The normalized spacial score (nSPS) is 19.3. The summed E-state index contributed by atoms with van der Waals surface area (Å²) in [5, 5.41) is 3.58. The molecule has 0 saturated heterocycles. The maximum absolute atomic E-state index is 5.79. The van der Waals surface area contributed by atoms with E-state index in [4.69, 9.17) is 14.5 Å². The van der Waals surface area contributed by atoms with Gasteiger partial charge in [0.2, 0.25) is 0 Å². The molecule has 2 aliphatic rings. The van der Waals surface area contributed by atoms with Gasteiger partial charge in [0, 0.05) is 29.7 Å². The number of anilines is 1. The van der Waals surface area contributed by atoms with Gasteiger partial charge in [0.25, 0.3) is 0 Å². The summed E-state index contributed by atoms with van der Waals surface area (Å²) in [6.45, 7) is 5.39. The SMILES string of the molecule is CCOc1ccc2c(c1)C(Nc1cc(C)nc(C3CC3)n1)CCO2. The Morgan fingerprint density at radius 2 is 2.08 bits per heavy atom. The molecule has 1 fully saturated rings. The number of nitrogens with one attached hydrogen (secondary N) is 1. The Morgan fingerprint density at radius 3 is 2.88 bits per heavy atom. The Balaban J connectivity index is 1.61. The second-order valence-electron chi connectivity index (χ2n) is 6.49. The molecule has 1 aromatic carbocycles. The molecule has 24 heavy (non-hydrogen) atoms. The van der Waals surface area contributed by atoms with Crippen molar-refractivity contribution in [1.82, 2.24) is 9.97 Å². The fourth-order valence-corrected chi connectivity index (χ4v) is 3.15. The van der Waals surface area contributed by atoms with E-state index in [9.17, 15) is 0 Å². The lowest BCUT2D eigenvalue weighted by Gasteiger charge is -2.27. The smallest absolute Gasteiger partial charge is 0.134 e. The molecule has 4 rings (SSSR count). The molecule has 0 spiro atoms. The highest BCUT2D eigenvalue weighted by Gasteiger charge is 2.28. The topological polar surface area (TPSA) is 56.3 Å². The summed E-state index contributed by atoms with van der Waals surface area (Å²) in [4.78, 5) is 9.30. The third-order valence-corrected chi connectivity index (χ3v) is 4.47. The van der Waals surface area contributed by atoms with Crippen molar-refractivity contribution >= 4 is 5.82 Å². The lowest BCUT2D eigenvalue weighted by molar-refractivity contribution is 0.272. The average molecular weight is 325 g/mol. The number of nitrogens with zero attached hydrogens (tertiary/aromatic N) is 2. The lowest BCUT2D eigenvalue weighted by Crippen LogP contribution is -2.21. The van der Waals surface area contributed by atoms with Crippen LogP contribution in [0.2, 0.25) is 0 Å². The summed E-state index contributed by atoms with van der Waals surface area (Å²) in [6, 6.07) is 8.23. The Morgan fingerprint density at radius 1 is 1.21 bits per heavy atom. The van der Waals surface area contributed by atoms with Gasteiger partial charge in [-0.1, -0.05) is 0 Å². The zero-order valence-electron chi connectivity index (χ0n) is 14.2. The molecule has 126 valence electrons. The van der Waals surface area contributed by atoms with Crippen LogP contribution in [0, 0.1) is 6.92 Å². The molecule has 2 aromatic rings. The number of aromatic nitrogens is 2. The number of ether oxygens (including phenoxy) is 2. The van der Waals surface area contributed by atoms with Crippen molar-refractivity contribution < 1.29 is 9.47 Å². The molecule has 5 nitrogen and oxygen atoms in total.